The van der Waals surface area contributed by atoms with Gasteiger partial charge in [0.1, 0.15) is 73.8 Å². The Morgan fingerprint density at radius 1 is 0.735 bits per heavy atom. The summed E-state index contributed by atoms with van der Waals surface area (Å²) in [6, 6.07) is 0. The van der Waals surface area contributed by atoms with E-state index in [-0.39, 0.29) is 0 Å². The molecule has 3 saturated heterocycles. The molecule has 3 rings (SSSR count). The first kappa shape index (κ1) is 27.9. The number of hydrogen-bond acceptors (Lipinski definition) is 16. The number of rotatable bonds is 7. The number of hydrogen-bond donors (Lipinski definition) is 11. The highest BCUT2D eigenvalue weighted by molar-refractivity contribution is 4.96. The van der Waals surface area contributed by atoms with E-state index in [1.807, 2.05) is 0 Å². The van der Waals surface area contributed by atoms with E-state index in [9.17, 15) is 56.2 Å². The van der Waals surface area contributed by atoms with Crippen LogP contribution in [0, 0.1) is 0 Å². The van der Waals surface area contributed by atoms with Gasteiger partial charge in [0, 0.05) is 0 Å². The average Bonchev–Trinajstić information content (AvgIpc) is 2.83. The topological polar surface area (TPSA) is 269 Å². The van der Waals surface area contributed by atoms with Crippen molar-refractivity contribution in [3.05, 3.63) is 0 Å². The Morgan fingerprint density at radius 2 is 1.41 bits per heavy atom. The Kier molecular flexibility index (Phi) is 9.18. The normalized spacial score (nSPS) is 52.5. The Hall–Kier alpha value is -0.640. The predicted molar refractivity (Wildman–Crippen MR) is 101 cm³/mol. The Labute approximate surface area is 192 Å². The van der Waals surface area contributed by atoms with E-state index in [0.29, 0.717) is 0 Å². The molecule has 0 unspecified atom stereocenters. The quantitative estimate of drug-likeness (QED) is 0.154. The molecule has 0 aromatic carbocycles. The first-order chi connectivity index (χ1) is 16.0. The zero-order chi connectivity index (χ0) is 25.4. The SMILES string of the molecule is OC[C@H]1O[C@H](O)[C@H](O)[C@@H](O[C@@H]2O[C@H](CO[C@]3(CO)OC[C@@H](O)[C@@H](O)[C@@H]3O)[C@@H](O)[C@H](O)[C@H]2O)[C@@H]1O. The number of aliphatic hydroxyl groups excluding tert-OH is 11. The summed E-state index contributed by atoms with van der Waals surface area (Å²) in [5, 5.41) is 110. The lowest BCUT2D eigenvalue weighted by Gasteiger charge is -2.47. The van der Waals surface area contributed by atoms with Crippen LogP contribution in [0.25, 0.3) is 0 Å². The Bertz CT molecular complexity index is 655. The van der Waals surface area contributed by atoms with Crippen molar-refractivity contribution < 1.29 is 79.9 Å². The Morgan fingerprint density at radius 3 is 2.03 bits per heavy atom. The second kappa shape index (κ2) is 11.2. The van der Waals surface area contributed by atoms with Crippen molar-refractivity contribution in [2.45, 2.75) is 85.5 Å². The second-order valence-electron chi connectivity index (χ2n) is 8.44. The van der Waals surface area contributed by atoms with Gasteiger partial charge in [0.15, 0.2) is 12.6 Å². The molecule has 0 aromatic heterocycles. The third kappa shape index (κ3) is 5.23. The molecule has 16 nitrogen and oxygen atoms in total. The second-order valence-corrected chi connectivity index (χ2v) is 8.44. The molecule has 16 heteroatoms. The van der Waals surface area contributed by atoms with Crippen molar-refractivity contribution in [1.82, 2.24) is 0 Å². The highest BCUT2D eigenvalue weighted by atomic mass is 16.8. The molecule has 3 aliphatic heterocycles. The minimum atomic E-state index is -2.22. The van der Waals surface area contributed by atoms with Crippen molar-refractivity contribution >= 4 is 0 Å². The third-order valence-electron chi connectivity index (χ3n) is 6.18. The van der Waals surface area contributed by atoms with Crippen LogP contribution in [0.4, 0.5) is 0 Å². The highest BCUT2D eigenvalue weighted by Crippen LogP contribution is 2.31. The molecule has 11 N–H and O–H groups in total. The molecule has 3 aliphatic rings. The lowest BCUT2D eigenvalue weighted by Crippen LogP contribution is -2.66. The van der Waals surface area contributed by atoms with Gasteiger partial charge in [0.25, 0.3) is 0 Å². The van der Waals surface area contributed by atoms with Crippen LogP contribution in [0.2, 0.25) is 0 Å². The van der Waals surface area contributed by atoms with Gasteiger partial charge in [-0.2, -0.15) is 0 Å². The van der Waals surface area contributed by atoms with Gasteiger partial charge in [-0.3, -0.25) is 0 Å². The smallest absolute Gasteiger partial charge is 0.221 e. The fraction of sp³-hybridized carbons (Fsp3) is 1.00. The van der Waals surface area contributed by atoms with Crippen LogP contribution >= 0.6 is 0 Å². The summed E-state index contributed by atoms with van der Waals surface area (Å²) in [5.74, 6) is -2.22. The maximum absolute atomic E-state index is 10.3. The lowest BCUT2D eigenvalue weighted by atomic mass is 9.96. The van der Waals surface area contributed by atoms with Crippen LogP contribution in [-0.2, 0) is 23.7 Å². The molecule has 14 atom stereocenters. The summed E-state index contributed by atoms with van der Waals surface area (Å²) in [5.41, 5.74) is 0. The monoisotopic (exact) mass is 504 g/mol. The van der Waals surface area contributed by atoms with E-state index in [1.165, 1.54) is 0 Å². The zero-order valence-electron chi connectivity index (χ0n) is 17.8. The number of aliphatic hydroxyl groups is 11. The van der Waals surface area contributed by atoms with Gasteiger partial charge < -0.3 is 79.9 Å². The molecular formula is C18H32O16. The summed E-state index contributed by atoms with van der Waals surface area (Å²) < 4.78 is 26.1. The molecule has 0 amide bonds. The molecule has 34 heavy (non-hydrogen) atoms. The standard InChI is InChI=1S/C18H32O16/c19-1-6-10(24)14(13(27)16(29)32-6)34-17-12(26)11(25)9(23)7(33-17)3-31-18(4-20)15(28)8(22)5(21)2-30-18/h5-17,19-29H,1-4H2/t5-,6-,7-,8-,9-,10-,11+,12-,13-,14+,15+,16+,17+,18+/m1/s1. The first-order valence-corrected chi connectivity index (χ1v) is 10.6. The molecule has 0 radical (unpaired) electrons. The summed E-state index contributed by atoms with van der Waals surface area (Å²) in [6.07, 6.45) is -22.4. The van der Waals surface area contributed by atoms with Gasteiger partial charge in [-0.25, -0.2) is 0 Å². The zero-order valence-corrected chi connectivity index (χ0v) is 17.8. The van der Waals surface area contributed by atoms with Crippen molar-refractivity contribution in [2.24, 2.45) is 0 Å². The van der Waals surface area contributed by atoms with Crippen LogP contribution in [0.1, 0.15) is 0 Å². The minimum absolute atomic E-state index is 0.506. The third-order valence-corrected chi connectivity index (χ3v) is 6.18. The van der Waals surface area contributed by atoms with Gasteiger partial charge in [-0.05, 0) is 0 Å². The minimum Gasteiger partial charge on any atom is -0.394 e. The molecule has 200 valence electrons. The van der Waals surface area contributed by atoms with Crippen LogP contribution in [0.3, 0.4) is 0 Å². The molecule has 0 saturated carbocycles. The van der Waals surface area contributed by atoms with Crippen molar-refractivity contribution in [2.75, 3.05) is 26.4 Å². The van der Waals surface area contributed by atoms with E-state index in [1.54, 1.807) is 0 Å². The van der Waals surface area contributed by atoms with Gasteiger partial charge in [-0.1, -0.05) is 0 Å². The highest BCUT2D eigenvalue weighted by Gasteiger charge is 2.53. The van der Waals surface area contributed by atoms with E-state index < -0.39 is 112 Å². The van der Waals surface area contributed by atoms with E-state index >= 15 is 0 Å². The van der Waals surface area contributed by atoms with Crippen molar-refractivity contribution in [3.8, 4) is 0 Å². The van der Waals surface area contributed by atoms with E-state index in [4.69, 9.17) is 23.7 Å². The average molecular weight is 504 g/mol. The summed E-state index contributed by atoms with van der Waals surface area (Å²) in [6.45, 7) is -2.94. The van der Waals surface area contributed by atoms with Gasteiger partial charge >= 0.3 is 0 Å². The molecule has 0 spiro atoms. The fourth-order valence-electron chi connectivity index (χ4n) is 3.97. The fourth-order valence-corrected chi connectivity index (χ4v) is 3.97. The molecule has 3 fully saturated rings. The van der Waals surface area contributed by atoms with Gasteiger partial charge in [-0.15, -0.1) is 0 Å². The summed E-state index contributed by atoms with van der Waals surface area (Å²) >= 11 is 0. The largest absolute Gasteiger partial charge is 0.394 e. The summed E-state index contributed by atoms with van der Waals surface area (Å²) in [4.78, 5) is 0. The van der Waals surface area contributed by atoms with E-state index in [2.05, 4.69) is 0 Å². The van der Waals surface area contributed by atoms with Crippen molar-refractivity contribution in [3.63, 3.8) is 0 Å². The van der Waals surface area contributed by atoms with E-state index in [0.717, 1.165) is 0 Å². The maximum atomic E-state index is 10.3. The molecule has 3 heterocycles. The molecule has 0 aliphatic carbocycles. The van der Waals surface area contributed by atoms with Crippen LogP contribution in [0.15, 0.2) is 0 Å². The predicted octanol–water partition coefficient (Wildman–Crippen LogP) is -7.57. The van der Waals surface area contributed by atoms with Crippen molar-refractivity contribution in [1.29, 1.82) is 0 Å². The first-order valence-electron chi connectivity index (χ1n) is 10.6. The van der Waals surface area contributed by atoms with Gasteiger partial charge in [0.2, 0.25) is 5.79 Å². The molecule has 0 bridgehead atoms. The maximum Gasteiger partial charge on any atom is 0.221 e. The van der Waals surface area contributed by atoms with Crippen LogP contribution < -0.4 is 0 Å². The molecular weight excluding hydrogens is 472 g/mol. The molecule has 0 aromatic rings. The van der Waals surface area contributed by atoms with Crippen LogP contribution in [0.5, 0.6) is 0 Å². The summed E-state index contributed by atoms with van der Waals surface area (Å²) in [7, 11) is 0. The van der Waals surface area contributed by atoms with Crippen LogP contribution in [-0.4, -0.2) is 168 Å². The number of ether oxygens (including phenoxy) is 5. The lowest BCUT2D eigenvalue weighted by molar-refractivity contribution is -0.377. The Balaban J connectivity index is 1.71. The van der Waals surface area contributed by atoms with Gasteiger partial charge in [0.05, 0.1) is 19.8 Å².